The maximum atomic E-state index is 14.6. The normalized spacial score (nSPS) is 12.5. The third-order valence-electron chi connectivity index (χ3n) is 5.43. The zero-order valence-electron chi connectivity index (χ0n) is 17.5. The lowest BCUT2D eigenvalue weighted by Gasteiger charge is -2.17. The van der Waals surface area contributed by atoms with Gasteiger partial charge in [0.2, 0.25) is 5.43 Å². The molecule has 0 spiro atoms. The number of fused-ring (bicyclic) bond motifs is 2. The molecule has 5 rings (SSSR count). The van der Waals surface area contributed by atoms with E-state index in [0.29, 0.717) is 16.1 Å². The van der Waals surface area contributed by atoms with Gasteiger partial charge in [-0.2, -0.15) is 5.10 Å². The molecule has 0 fully saturated rings. The number of rotatable bonds is 4. The van der Waals surface area contributed by atoms with Crippen molar-refractivity contribution in [1.29, 1.82) is 0 Å². The summed E-state index contributed by atoms with van der Waals surface area (Å²) in [7, 11) is 0. The number of halogens is 2. The lowest BCUT2D eigenvalue weighted by Crippen LogP contribution is -2.17. The molecule has 3 aromatic heterocycles. The van der Waals surface area contributed by atoms with E-state index in [1.165, 1.54) is 54.5 Å². The van der Waals surface area contributed by atoms with E-state index in [9.17, 15) is 13.6 Å². The van der Waals surface area contributed by atoms with Crippen molar-refractivity contribution in [3.05, 3.63) is 76.4 Å². The molecule has 0 aliphatic carbocycles. The van der Waals surface area contributed by atoms with Crippen LogP contribution in [0.1, 0.15) is 18.7 Å². The lowest BCUT2D eigenvalue weighted by atomic mass is 9.99. The first-order valence-electron chi connectivity index (χ1n) is 9.94. The third-order valence-corrected chi connectivity index (χ3v) is 6.11. The fourth-order valence-corrected chi connectivity index (χ4v) is 4.48. The number of aromatic nitrogens is 4. The van der Waals surface area contributed by atoms with Gasteiger partial charge in [0.25, 0.3) is 0 Å². The Morgan fingerprint density at radius 3 is 2.67 bits per heavy atom. The van der Waals surface area contributed by atoms with E-state index < -0.39 is 23.1 Å². The molecule has 0 amide bonds. The first-order valence-corrected chi connectivity index (χ1v) is 11.2. The quantitative estimate of drug-likeness (QED) is 0.381. The first-order chi connectivity index (χ1) is 15.9. The molecule has 33 heavy (non-hydrogen) atoms. The Bertz CT molecular complexity index is 1600. The summed E-state index contributed by atoms with van der Waals surface area (Å²) in [4.78, 5) is 21.9. The highest BCUT2D eigenvalue weighted by molar-refractivity contribution is 7.98. The second-order valence-electron chi connectivity index (χ2n) is 7.38. The van der Waals surface area contributed by atoms with E-state index in [4.69, 9.17) is 10.2 Å². The van der Waals surface area contributed by atoms with Crippen molar-refractivity contribution < 1.29 is 13.2 Å². The van der Waals surface area contributed by atoms with Crippen molar-refractivity contribution in [2.75, 3.05) is 12.0 Å². The highest BCUT2D eigenvalue weighted by Crippen LogP contribution is 2.35. The largest absolute Gasteiger partial charge is 0.458 e. The van der Waals surface area contributed by atoms with Gasteiger partial charge in [-0.3, -0.25) is 4.79 Å². The van der Waals surface area contributed by atoms with Gasteiger partial charge in [0, 0.05) is 0 Å². The second kappa shape index (κ2) is 7.96. The average molecular weight is 465 g/mol. The minimum Gasteiger partial charge on any atom is -0.458 e. The van der Waals surface area contributed by atoms with Crippen molar-refractivity contribution in [2.24, 2.45) is 0 Å². The Kier molecular flexibility index (Phi) is 5.09. The second-order valence-corrected chi connectivity index (χ2v) is 8.18. The van der Waals surface area contributed by atoms with E-state index in [1.807, 2.05) is 6.26 Å². The fraction of sp³-hybridized carbons (Fsp3) is 0.130. The van der Waals surface area contributed by atoms with E-state index in [0.717, 1.165) is 0 Å². The molecule has 0 aliphatic rings. The Morgan fingerprint density at radius 1 is 1.12 bits per heavy atom. The van der Waals surface area contributed by atoms with Gasteiger partial charge >= 0.3 is 0 Å². The molecule has 0 aliphatic heterocycles. The van der Waals surface area contributed by atoms with Gasteiger partial charge in [-0.05, 0) is 43.0 Å². The predicted octanol–water partition coefficient (Wildman–Crippen LogP) is 4.79. The van der Waals surface area contributed by atoms with E-state index in [2.05, 4.69) is 15.1 Å². The van der Waals surface area contributed by atoms with Crippen molar-refractivity contribution in [1.82, 2.24) is 19.7 Å². The van der Waals surface area contributed by atoms with Crippen LogP contribution in [0.15, 0.2) is 63.0 Å². The standard InChI is InChI=1S/C23H17F2N5O2S/c1-11(30-22-18(23(29-30)33-2)21(26)27-10-28-22)20-16(12-5-3-6-13(24)9-12)19(31)17-14(25)7-4-8-15(17)32-20/h3-11H,1-2H3,(H2,26,27,28). The molecule has 1 atom stereocenters. The Hall–Kier alpha value is -3.79. The number of hydrogen-bond acceptors (Lipinski definition) is 7. The monoisotopic (exact) mass is 465 g/mol. The summed E-state index contributed by atoms with van der Waals surface area (Å²) in [6.07, 6.45) is 3.17. The number of nitrogen functional groups attached to an aromatic ring is 1. The van der Waals surface area contributed by atoms with Crippen molar-refractivity contribution in [3.63, 3.8) is 0 Å². The van der Waals surface area contributed by atoms with Crippen molar-refractivity contribution in [2.45, 2.75) is 18.0 Å². The third kappa shape index (κ3) is 3.34. The molecular weight excluding hydrogens is 448 g/mol. The zero-order valence-corrected chi connectivity index (χ0v) is 18.4. The SMILES string of the molecule is CSc1nn(C(C)c2oc3cccc(F)c3c(=O)c2-c2cccc(F)c2)c2ncnc(N)c12. The first kappa shape index (κ1) is 21.1. The summed E-state index contributed by atoms with van der Waals surface area (Å²) in [6.45, 7) is 1.76. The van der Waals surface area contributed by atoms with Crippen LogP contribution in [0.25, 0.3) is 33.1 Å². The maximum Gasteiger partial charge on any atom is 0.203 e. The molecule has 7 nitrogen and oxygen atoms in total. The van der Waals surface area contributed by atoms with Gasteiger partial charge in [-0.1, -0.05) is 18.2 Å². The van der Waals surface area contributed by atoms with Crippen molar-refractivity contribution >= 4 is 39.6 Å². The molecular formula is C23H17F2N5O2S. The molecule has 2 aromatic carbocycles. The molecule has 10 heteroatoms. The number of hydrogen-bond donors (Lipinski definition) is 1. The van der Waals surface area contributed by atoms with Crippen LogP contribution < -0.4 is 11.2 Å². The Morgan fingerprint density at radius 2 is 1.91 bits per heavy atom. The smallest absolute Gasteiger partial charge is 0.203 e. The molecule has 0 radical (unpaired) electrons. The van der Waals surface area contributed by atoms with Gasteiger partial charge in [0.05, 0.1) is 10.9 Å². The lowest BCUT2D eigenvalue weighted by molar-refractivity contribution is 0.440. The molecule has 166 valence electrons. The Balaban J connectivity index is 1.85. The van der Waals surface area contributed by atoms with E-state index >= 15 is 0 Å². The van der Waals surface area contributed by atoms with Crippen LogP contribution in [0.4, 0.5) is 14.6 Å². The summed E-state index contributed by atoms with van der Waals surface area (Å²) in [5.74, 6) is -0.783. The summed E-state index contributed by atoms with van der Waals surface area (Å²) >= 11 is 1.37. The van der Waals surface area contributed by atoms with Gasteiger partial charge in [-0.15, -0.1) is 11.8 Å². The topological polar surface area (TPSA) is 99.8 Å². The van der Waals surface area contributed by atoms with Gasteiger partial charge in [-0.25, -0.2) is 23.4 Å². The Labute approximate surface area is 190 Å². The maximum absolute atomic E-state index is 14.6. The number of anilines is 1. The summed E-state index contributed by atoms with van der Waals surface area (Å²) in [5.41, 5.74) is 6.32. The fourth-order valence-electron chi connectivity index (χ4n) is 3.92. The van der Waals surface area contributed by atoms with Crippen LogP contribution in [-0.4, -0.2) is 26.0 Å². The van der Waals surface area contributed by atoms with Crippen LogP contribution in [-0.2, 0) is 0 Å². The molecule has 0 saturated carbocycles. The molecule has 0 saturated heterocycles. The molecule has 3 heterocycles. The van der Waals surface area contributed by atoms with E-state index in [1.54, 1.807) is 17.7 Å². The van der Waals surface area contributed by atoms with Gasteiger partial charge in [0.1, 0.15) is 51.6 Å². The molecule has 2 N–H and O–H groups in total. The van der Waals surface area contributed by atoms with Crippen LogP contribution in [0.3, 0.4) is 0 Å². The van der Waals surface area contributed by atoms with Crippen LogP contribution in [0, 0.1) is 11.6 Å². The number of nitrogens with two attached hydrogens (primary N) is 1. The van der Waals surface area contributed by atoms with Crippen molar-refractivity contribution in [3.8, 4) is 11.1 Å². The molecule has 1 unspecified atom stereocenters. The zero-order chi connectivity index (χ0) is 23.3. The highest BCUT2D eigenvalue weighted by atomic mass is 32.2. The summed E-state index contributed by atoms with van der Waals surface area (Å²) in [6, 6.07) is 9.02. The van der Waals surface area contributed by atoms with Crippen LogP contribution in [0.5, 0.6) is 0 Å². The average Bonchev–Trinajstić information content (AvgIpc) is 3.18. The van der Waals surface area contributed by atoms with Crippen LogP contribution in [0.2, 0.25) is 0 Å². The number of nitrogens with zero attached hydrogens (tertiary/aromatic N) is 4. The predicted molar refractivity (Wildman–Crippen MR) is 123 cm³/mol. The molecule has 0 bridgehead atoms. The number of thioether (sulfide) groups is 1. The highest BCUT2D eigenvalue weighted by Gasteiger charge is 2.27. The van der Waals surface area contributed by atoms with E-state index in [-0.39, 0.29) is 33.7 Å². The summed E-state index contributed by atoms with van der Waals surface area (Å²) < 4.78 is 36.3. The number of benzene rings is 2. The minimum absolute atomic E-state index is 0.0518. The summed E-state index contributed by atoms with van der Waals surface area (Å²) in [5, 5.41) is 5.60. The van der Waals surface area contributed by atoms with Gasteiger partial charge in [0.15, 0.2) is 5.65 Å². The van der Waals surface area contributed by atoms with Gasteiger partial charge < -0.3 is 10.2 Å². The van der Waals surface area contributed by atoms with Crippen LogP contribution >= 0.6 is 11.8 Å². The minimum atomic E-state index is -0.715. The molecule has 5 aromatic rings.